The fraction of sp³-hybridized carbons (Fsp3) is 0.600. The Hall–Kier alpha value is -1.31. The number of piperidine rings is 1. The van der Waals surface area contributed by atoms with E-state index in [1.807, 2.05) is 6.92 Å². The Morgan fingerprint density at radius 3 is 2.65 bits per heavy atom. The van der Waals surface area contributed by atoms with Gasteiger partial charge in [0, 0.05) is 32.1 Å². The second kappa shape index (κ2) is 10.1. The number of aliphatic imine (C=N–C) groups is 1. The molecule has 1 unspecified atom stereocenters. The molecule has 0 saturated carbocycles. The number of carbonyl (C=O) groups is 1. The molecule has 0 bridgehead atoms. The van der Waals surface area contributed by atoms with Gasteiger partial charge in [0.25, 0.3) is 0 Å². The Balaban J connectivity index is 0.00000243. The van der Waals surface area contributed by atoms with Crippen molar-refractivity contribution in [2.24, 2.45) is 10.9 Å². The molecule has 1 heterocycles. The maximum atomic E-state index is 11.9. The monoisotopic (exact) mass is 471 g/mol. The summed E-state index contributed by atoms with van der Waals surface area (Å²) in [6.07, 6.45) is 2.81. The first-order chi connectivity index (χ1) is 12.2. The normalized spacial score (nSPS) is 19.8. The summed E-state index contributed by atoms with van der Waals surface area (Å²) in [6, 6.07) is 8.65. The average Bonchev–Trinajstić information content (AvgIpc) is 2.62. The summed E-state index contributed by atoms with van der Waals surface area (Å²) in [6.45, 7) is 7.83. The minimum Gasteiger partial charge on any atom is -0.466 e. The van der Waals surface area contributed by atoms with E-state index in [4.69, 9.17) is 9.73 Å². The molecule has 26 heavy (non-hydrogen) atoms. The van der Waals surface area contributed by atoms with Gasteiger partial charge in [-0.05, 0) is 44.2 Å². The van der Waals surface area contributed by atoms with Gasteiger partial charge >= 0.3 is 5.97 Å². The number of ether oxygens (including phenoxy) is 1. The van der Waals surface area contributed by atoms with E-state index >= 15 is 0 Å². The number of hydrogen-bond acceptors (Lipinski definition) is 3. The summed E-state index contributed by atoms with van der Waals surface area (Å²) in [5, 5.41) is 3.41. The smallest absolute Gasteiger partial charge is 0.309 e. The van der Waals surface area contributed by atoms with Gasteiger partial charge in [-0.1, -0.05) is 24.3 Å². The van der Waals surface area contributed by atoms with Crippen molar-refractivity contribution in [3.05, 3.63) is 35.4 Å². The fourth-order valence-corrected chi connectivity index (χ4v) is 3.74. The van der Waals surface area contributed by atoms with Crippen molar-refractivity contribution >= 4 is 35.9 Å². The number of likely N-dealkylation sites (tertiary alicyclic amines) is 1. The summed E-state index contributed by atoms with van der Waals surface area (Å²) >= 11 is 0. The van der Waals surface area contributed by atoms with Crippen LogP contribution in [0.1, 0.15) is 43.7 Å². The molecule has 0 aromatic heterocycles. The van der Waals surface area contributed by atoms with Crippen molar-refractivity contribution in [2.75, 3.05) is 32.8 Å². The van der Waals surface area contributed by atoms with Gasteiger partial charge in [0.2, 0.25) is 0 Å². The highest BCUT2D eigenvalue weighted by Gasteiger charge is 2.28. The number of benzene rings is 1. The zero-order chi connectivity index (χ0) is 17.6. The first-order valence-electron chi connectivity index (χ1n) is 9.50. The Labute approximate surface area is 173 Å². The van der Waals surface area contributed by atoms with Crippen molar-refractivity contribution in [3.63, 3.8) is 0 Å². The van der Waals surface area contributed by atoms with Crippen LogP contribution in [-0.4, -0.2) is 49.6 Å². The lowest BCUT2D eigenvalue weighted by molar-refractivity contribution is -0.149. The third-order valence-electron chi connectivity index (χ3n) is 5.17. The van der Waals surface area contributed by atoms with Crippen molar-refractivity contribution in [3.8, 4) is 0 Å². The van der Waals surface area contributed by atoms with Crippen LogP contribution >= 0.6 is 24.0 Å². The summed E-state index contributed by atoms with van der Waals surface area (Å²) in [5.41, 5.74) is 2.91. The summed E-state index contributed by atoms with van der Waals surface area (Å²) < 4.78 is 5.16. The van der Waals surface area contributed by atoms with Gasteiger partial charge in [0.15, 0.2) is 5.96 Å². The van der Waals surface area contributed by atoms with E-state index in [1.54, 1.807) is 0 Å². The molecule has 6 heteroatoms. The van der Waals surface area contributed by atoms with Crippen LogP contribution in [0.5, 0.6) is 0 Å². The molecular weight excluding hydrogens is 441 g/mol. The number of guanidine groups is 1. The minimum atomic E-state index is -0.0461. The highest BCUT2D eigenvalue weighted by molar-refractivity contribution is 14.0. The van der Waals surface area contributed by atoms with E-state index in [0.717, 1.165) is 51.4 Å². The number of nitrogens with one attached hydrogen (secondary N) is 1. The molecular formula is C20H30IN3O2. The first kappa shape index (κ1) is 21.0. The summed E-state index contributed by atoms with van der Waals surface area (Å²) in [4.78, 5) is 19.1. The maximum Gasteiger partial charge on any atom is 0.309 e. The summed E-state index contributed by atoms with van der Waals surface area (Å²) in [5.74, 6) is 1.52. The molecule has 144 valence electrons. The third kappa shape index (κ3) is 4.90. The van der Waals surface area contributed by atoms with Crippen LogP contribution in [0, 0.1) is 5.92 Å². The second-order valence-corrected chi connectivity index (χ2v) is 6.81. The standard InChI is InChI=1S/C20H29N3O2.HI/c1-3-21-20(22-14-17-13-16-7-5-6-8-18(16)17)23-11-9-15(10-12-23)19(24)25-4-2;/h5-8,15,17H,3-4,9-14H2,1-2H3,(H,21,22);1H. The van der Waals surface area contributed by atoms with E-state index in [9.17, 15) is 4.79 Å². The molecule has 0 amide bonds. The molecule has 3 rings (SSSR count). The Morgan fingerprint density at radius 2 is 2.00 bits per heavy atom. The number of rotatable bonds is 5. The number of esters is 1. The third-order valence-corrected chi connectivity index (χ3v) is 5.17. The second-order valence-electron chi connectivity index (χ2n) is 6.81. The first-order valence-corrected chi connectivity index (χ1v) is 9.50. The van der Waals surface area contributed by atoms with Gasteiger partial charge in [-0.2, -0.15) is 0 Å². The summed E-state index contributed by atoms with van der Waals surface area (Å²) in [7, 11) is 0. The lowest BCUT2D eigenvalue weighted by atomic mass is 9.78. The largest absolute Gasteiger partial charge is 0.466 e. The van der Waals surface area contributed by atoms with E-state index in [-0.39, 0.29) is 35.9 Å². The van der Waals surface area contributed by atoms with Crippen molar-refractivity contribution in [1.29, 1.82) is 0 Å². The topological polar surface area (TPSA) is 53.9 Å². The molecule has 1 saturated heterocycles. The quantitative estimate of drug-likeness (QED) is 0.310. The van der Waals surface area contributed by atoms with Crippen LogP contribution < -0.4 is 5.32 Å². The van der Waals surface area contributed by atoms with Crippen molar-refractivity contribution in [2.45, 2.75) is 39.0 Å². The zero-order valence-corrected chi connectivity index (χ0v) is 18.1. The number of halogens is 1. The van der Waals surface area contributed by atoms with Crippen LogP contribution in [0.15, 0.2) is 29.3 Å². The number of nitrogens with zero attached hydrogens (tertiary/aromatic N) is 2. The molecule has 2 aliphatic rings. The fourth-order valence-electron chi connectivity index (χ4n) is 3.74. The Kier molecular flexibility index (Phi) is 8.18. The highest BCUT2D eigenvalue weighted by Crippen LogP contribution is 2.34. The van der Waals surface area contributed by atoms with Gasteiger partial charge in [-0.25, -0.2) is 0 Å². The number of carbonyl (C=O) groups excluding carboxylic acids is 1. The highest BCUT2D eigenvalue weighted by atomic mass is 127. The van der Waals surface area contributed by atoms with Crippen LogP contribution in [0.25, 0.3) is 0 Å². The van der Waals surface area contributed by atoms with Crippen LogP contribution in [0.3, 0.4) is 0 Å². The Morgan fingerprint density at radius 1 is 1.27 bits per heavy atom. The predicted molar refractivity (Wildman–Crippen MR) is 115 cm³/mol. The van der Waals surface area contributed by atoms with Gasteiger partial charge in [0.1, 0.15) is 0 Å². The molecule has 0 spiro atoms. The molecule has 1 fully saturated rings. The Bertz CT molecular complexity index is 627. The van der Waals surface area contributed by atoms with Crippen LogP contribution in [0.2, 0.25) is 0 Å². The number of fused-ring (bicyclic) bond motifs is 1. The molecule has 0 radical (unpaired) electrons. The van der Waals surface area contributed by atoms with Gasteiger partial charge in [0.05, 0.1) is 12.5 Å². The van der Waals surface area contributed by atoms with E-state index in [0.29, 0.717) is 12.5 Å². The maximum absolute atomic E-state index is 11.9. The van der Waals surface area contributed by atoms with Crippen molar-refractivity contribution in [1.82, 2.24) is 10.2 Å². The van der Waals surface area contributed by atoms with Gasteiger partial charge in [-0.3, -0.25) is 9.79 Å². The lowest BCUT2D eigenvalue weighted by Gasteiger charge is -2.34. The van der Waals surface area contributed by atoms with Gasteiger partial charge < -0.3 is 15.0 Å². The van der Waals surface area contributed by atoms with Crippen LogP contribution in [0.4, 0.5) is 0 Å². The minimum absolute atomic E-state index is 0. The molecule has 1 aromatic carbocycles. The average molecular weight is 471 g/mol. The van der Waals surface area contributed by atoms with E-state index in [1.165, 1.54) is 11.1 Å². The predicted octanol–water partition coefficient (Wildman–Crippen LogP) is 3.18. The molecule has 1 aliphatic heterocycles. The van der Waals surface area contributed by atoms with E-state index in [2.05, 4.69) is 41.4 Å². The number of hydrogen-bond donors (Lipinski definition) is 1. The zero-order valence-electron chi connectivity index (χ0n) is 15.7. The van der Waals surface area contributed by atoms with E-state index < -0.39 is 0 Å². The van der Waals surface area contributed by atoms with Crippen LogP contribution in [-0.2, 0) is 16.0 Å². The molecule has 1 N–H and O–H groups in total. The lowest BCUT2D eigenvalue weighted by Crippen LogP contribution is -2.47. The molecule has 1 atom stereocenters. The van der Waals surface area contributed by atoms with Crippen molar-refractivity contribution < 1.29 is 9.53 Å². The molecule has 5 nitrogen and oxygen atoms in total. The van der Waals surface area contributed by atoms with Gasteiger partial charge in [-0.15, -0.1) is 24.0 Å². The SMILES string of the molecule is CCNC(=NCC1Cc2ccccc21)N1CCC(C(=O)OCC)CC1.I. The molecule has 1 aliphatic carbocycles. The molecule has 1 aromatic rings.